The van der Waals surface area contributed by atoms with E-state index in [1.165, 1.54) is 4.90 Å². The Morgan fingerprint density at radius 2 is 1.62 bits per heavy atom. The standard InChI is InChI=1S/C22H28ClN3O3/c1-15(16-6-4-5-9-19(16)23)24-10-12-25(13-11-24)20(27)14-26-21(28)17-7-2-3-8-18(17)22(26)29/h4-6,9,15,17-18H,2-3,7-8,10-14H2,1H3. The summed E-state index contributed by atoms with van der Waals surface area (Å²) in [6, 6.07) is 8.01. The predicted molar refractivity (Wildman–Crippen MR) is 110 cm³/mol. The number of carbonyl (C=O) groups is 3. The molecule has 1 aromatic rings. The van der Waals surface area contributed by atoms with Gasteiger partial charge in [-0.25, -0.2) is 0 Å². The van der Waals surface area contributed by atoms with Crippen LogP contribution in [-0.2, 0) is 14.4 Å². The van der Waals surface area contributed by atoms with E-state index in [1.54, 1.807) is 4.90 Å². The van der Waals surface area contributed by atoms with Gasteiger partial charge >= 0.3 is 0 Å². The SMILES string of the molecule is CC(c1ccccc1Cl)N1CCN(C(=O)CN2C(=O)C3CCCCC3C2=O)CC1. The predicted octanol–water partition coefficient (Wildman–Crippen LogP) is 2.72. The lowest BCUT2D eigenvalue weighted by atomic mass is 9.81. The third kappa shape index (κ3) is 3.92. The minimum Gasteiger partial charge on any atom is -0.339 e. The highest BCUT2D eigenvalue weighted by atomic mass is 35.5. The Morgan fingerprint density at radius 1 is 1.03 bits per heavy atom. The van der Waals surface area contributed by atoms with E-state index >= 15 is 0 Å². The van der Waals surface area contributed by atoms with E-state index in [9.17, 15) is 14.4 Å². The lowest BCUT2D eigenvalue weighted by Crippen LogP contribution is -2.52. The zero-order valence-corrected chi connectivity index (χ0v) is 17.6. The number of rotatable bonds is 4. The molecule has 3 aliphatic rings. The Labute approximate surface area is 176 Å². The number of imide groups is 1. The van der Waals surface area contributed by atoms with Gasteiger partial charge in [0, 0.05) is 37.2 Å². The number of fused-ring (bicyclic) bond motifs is 1. The van der Waals surface area contributed by atoms with E-state index < -0.39 is 0 Å². The summed E-state index contributed by atoms with van der Waals surface area (Å²) in [5.74, 6) is -0.803. The first kappa shape index (κ1) is 20.4. The van der Waals surface area contributed by atoms with Crippen molar-refractivity contribution in [3.05, 3.63) is 34.9 Å². The molecule has 0 radical (unpaired) electrons. The van der Waals surface area contributed by atoms with Crippen LogP contribution in [0.5, 0.6) is 0 Å². The fourth-order valence-electron chi connectivity index (χ4n) is 4.99. The molecular weight excluding hydrogens is 390 g/mol. The second-order valence-corrected chi connectivity index (χ2v) is 8.78. The number of hydrogen-bond donors (Lipinski definition) is 0. The molecule has 1 aliphatic carbocycles. The van der Waals surface area contributed by atoms with Gasteiger partial charge < -0.3 is 4.90 Å². The molecule has 0 aromatic heterocycles. The lowest BCUT2D eigenvalue weighted by molar-refractivity contribution is -0.147. The second-order valence-electron chi connectivity index (χ2n) is 8.37. The topological polar surface area (TPSA) is 60.9 Å². The first-order valence-corrected chi connectivity index (χ1v) is 11.0. The molecule has 0 spiro atoms. The Balaban J connectivity index is 1.33. The molecule has 29 heavy (non-hydrogen) atoms. The highest BCUT2D eigenvalue weighted by Crippen LogP contribution is 2.38. The van der Waals surface area contributed by atoms with E-state index in [0.29, 0.717) is 13.1 Å². The molecule has 156 valence electrons. The fourth-order valence-corrected chi connectivity index (χ4v) is 5.28. The first-order chi connectivity index (χ1) is 14.0. The summed E-state index contributed by atoms with van der Waals surface area (Å²) >= 11 is 6.33. The lowest BCUT2D eigenvalue weighted by Gasteiger charge is -2.38. The Hall–Kier alpha value is -1.92. The van der Waals surface area contributed by atoms with Crippen molar-refractivity contribution < 1.29 is 14.4 Å². The van der Waals surface area contributed by atoms with Gasteiger partial charge in [-0.2, -0.15) is 0 Å². The number of benzene rings is 1. The molecule has 1 aromatic carbocycles. The molecule has 3 unspecified atom stereocenters. The number of hydrogen-bond acceptors (Lipinski definition) is 4. The molecule has 6 nitrogen and oxygen atoms in total. The first-order valence-electron chi connectivity index (χ1n) is 10.6. The minimum atomic E-state index is -0.197. The Kier molecular flexibility index (Phi) is 5.93. The zero-order valence-electron chi connectivity index (χ0n) is 16.8. The number of piperazine rings is 1. The number of halogens is 1. The van der Waals surface area contributed by atoms with Crippen LogP contribution < -0.4 is 0 Å². The van der Waals surface area contributed by atoms with E-state index in [4.69, 9.17) is 11.6 Å². The van der Waals surface area contributed by atoms with Crippen LogP contribution in [0.2, 0.25) is 5.02 Å². The number of carbonyl (C=O) groups excluding carboxylic acids is 3. The molecule has 3 amide bonds. The van der Waals surface area contributed by atoms with Gasteiger partial charge in [0.2, 0.25) is 17.7 Å². The normalized spacial score (nSPS) is 26.6. The van der Waals surface area contributed by atoms with Crippen LogP contribution in [-0.4, -0.2) is 65.1 Å². The maximum absolute atomic E-state index is 12.8. The van der Waals surface area contributed by atoms with Crippen molar-refractivity contribution in [3.63, 3.8) is 0 Å². The van der Waals surface area contributed by atoms with Crippen LogP contribution in [0.25, 0.3) is 0 Å². The third-order valence-electron chi connectivity index (χ3n) is 6.80. The van der Waals surface area contributed by atoms with E-state index in [0.717, 1.165) is 49.4 Å². The van der Waals surface area contributed by atoms with E-state index in [-0.39, 0.29) is 42.1 Å². The van der Waals surface area contributed by atoms with Crippen molar-refractivity contribution in [2.45, 2.75) is 38.6 Å². The van der Waals surface area contributed by atoms with Gasteiger partial charge in [-0.1, -0.05) is 42.6 Å². The van der Waals surface area contributed by atoms with Crippen LogP contribution >= 0.6 is 11.6 Å². The van der Waals surface area contributed by atoms with Crippen LogP contribution in [0.15, 0.2) is 24.3 Å². The van der Waals surface area contributed by atoms with Gasteiger partial charge in [0.05, 0.1) is 11.8 Å². The van der Waals surface area contributed by atoms with Gasteiger partial charge in [0.1, 0.15) is 6.54 Å². The molecule has 2 aliphatic heterocycles. The van der Waals surface area contributed by atoms with Gasteiger partial charge in [-0.15, -0.1) is 0 Å². The fraction of sp³-hybridized carbons (Fsp3) is 0.591. The summed E-state index contributed by atoms with van der Waals surface area (Å²) < 4.78 is 0. The Morgan fingerprint density at radius 3 is 2.21 bits per heavy atom. The molecule has 0 bridgehead atoms. The summed E-state index contributed by atoms with van der Waals surface area (Å²) in [5.41, 5.74) is 1.09. The van der Waals surface area contributed by atoms with Gasteiger partial charge in [0.25, 0.3) is 0 Å². The number of nitrogens with zero attached hydrogens (tertiary/aromatic N) is 3. The number of amides is 3. The average Bonchev–Trinajstić information content (AvgIpc) is 2.99. The Bertz CT molecular complexity index is 782. The van der Waals surface area contributed by atoms with Crippen molar-refractivity contribution in [1.29, 1.82) is 0 Å². The van der Waals surface area contributed by atoms with Gasteiger partial charge in [-0.05, 0) is 31.4 Å². The summed E-state index contributed by atoms with van der Waals surface area (Å²) in [6.07, 6.45) is 3.54. The van der Waals surface area contributed by atoms with E-state index in [2.05, 4.69) is 11.8 Å². The molecule has 4 rings (SSSR count). The van der Waals surface area contributed by atoms with Gasteiger partial charge in [0.15, 0.2) is 0 Å². The van der Waals surface area contributed by atoms with Crippen LogP contribution in [0.4, 0.5) is 0 Å². The summed E-state index contributed by atoms with van der Waals surface area (Å²) in [5, 5.41) is 0.756. The maximum Gasteiger partial charge on any atom is 0.242 e. The molecule has 7 heteroatoms. The molecular formula is C22H28ClN3O3. The zero-order chi connectivity index (χ0) is 20.5. The quantitative estimate of drug-likeness (QED) is 0.707. The molecule has 3 atom stereocenters. The van der Waals surface area contributed by atoms with Crippen molar-refractivity contribution in [3.8, 4) is 0 Å². The third-order valence-corrected chi connectivity index (χ3v) is 7.14. The van der Waals surface area contributed by atoms with Crippen molar-refractivity contribution >= 4 is 29.3 Å². The van der Waals surface area contributed by atoms with Crippen LogP contribution in [0.3, 0.4) is 0 Å². The smallest absolute Gasteiger partial charge is 0.242 e. The van der Waals surface area contributed by atoms with Crippen molar-refractivity contribution in [1.82, 2.24) is 14.7 Å². The molecule has 1 saturated carbocycles. The number of likely N-dealkylation sites (tertiary alicyclic amines) is 1. The van der Waals surface area contributed by atoms with Crippen LogP contribution in [0.1, 0.15) is 44.2 Å². The highest BCUT2D eigenvalue weighted by molar-refractivity contribution is 6.31. The minimum absolute atomic E-state index is 0.106. The molecule has 0 N–H and O–H groups in total. The summed E-state index contributed by atoms with van der Waals surface area (Å²) in [6.45, 7) is 4.69. The summed E-state index contributed by atoms with van der Waals surface area (Å²) in [7, 11) is 0. The average molecular weight is 418 g/mol. The molecule has 3 fully saturated rings. The monoisotopic (exact) mass is 417 g/mol. The second kappa shape index (κ2) is 8.44. The summed E-state index contributed by atoms with van der Waals surface area (Å²) in [4.78, 5) is 43.3. The van der Waals surface area contributed by atoms with Crippen LogP contribution in [0, 0.1) is 11.8 Å². The largest absolute Gasteiger partial charge is 0.339 e. The highest BCUT2D eigenvalue weighted by Gasteiger charge is 2.48. The van der Waals surface area contributed by atoms with Crippen molar-refractivity contribution in [2.24, 2.45) is 11.8 Å². The maximum atomic E-state index is 12.8. The van der Waals surface area contributed by atoms with Crippen molar-refractivity contribution in [2.75, 3.05) is 32.7 Å². The molecule has 2 saturated heterocycles. The molecule has 2 heterocycles. The van der Waals surface area contributed by atoms with E-state index in [1.807, 2.05) is 24.3 Å². The van der Waals surface area contributed by atoms with Gasteiger partial charge in [-0.3, -0.25) is 24.2 Å².